The van der Waals surface area contributed by atoms with Gasteiger partial charge in [-0.05, 0) is 55.0 Å². The number of ether oxygens (including phenoxy) is 1. The summed E-state index contributed by atoms with van der Waals surface area (Å²) in [6.07, 6.45) is 4.76. The van der Waals surface area contributed by atoms with E-state index < -0.39 is 0 Å². The highest BCUT2D eigenvalue weighted by molar-refractivity contribution is 7.14. The fourth-order valence-corrected chi connectivity index (χ4v) is 3.82. The second kappa shape index (κ2) is 7.07. The molecular weight excluding hydrogens is 358 g/mol. The predicted octanol–water partition coefficient (Wildman–Crippen LogP) is 4.59. The Bertz CT molecular complexity index is 882. The monoisotopic (exact) mass is 373 g/mol. The molecule has 128 valence electrons. The van der Waals surface area contributed by atoms with Crippen molar-refractivity contribution in [1.82, 2.24) is 14.8 Å². The SMILES string of the molecule is O=C(c1ccc(Cl)cc1)c1ccsc1-c1ncn(C2CCCCO2)n1. The molecule has 0 spiro atoms. The highest BCUT2D eigenvalue weighted by Crippen LogP contribution is 2.30. The van der Waals surface area contributed by atoms with Crippen molar-refractivity contribution in [3.8, 4) is 10.7 Å². The zero-order valence-electron chi connectivity index (χ0n) is 13.4. The second-order valence-electron chi connectivity index (χ2n) is 5.87. The lowest BCUT2D eigenvalue weighted by molar-refractivity contribution is -0.0395. The lowest BCUT2D eigenvalue weighted by Crippen LogP contribution is -2.18. The molecule has 0 N–H and O–H groups in total. The van der Waals surface area contributed by atoms with E-state index in [1.807, 2.05) is 11.4 Å². The molecular formula is C18H16ClN3O2S. The van der Waals surface area contributed by atoms with Crippen LogP contribution < -0.4 is 0 Å². The maximum Gasteiger partial charge on any atom is 0.194 e. The van der Waals surface area contributed by atoms with E-state index in [0.717, 1.165) is 30.7 Å². The Labute approximate surface area is 154 Å². The van der Waals surface area contributed by atoms with E-state index in [9.17, 15) is 4.79 Å². The van der Waals surface area contributed by atoms with Gasteiger partial charge in [0.1, 0.15) is 6.33 Å². The number of hydrogen-bond donors (Lipinski definition) is 0. The first-order chi connectivity index (χ1) is 12.2. The summed E-state index contributed by atoms with van der Waals surface area (Å²) in [4.78, 5) is 18.0. The van der Waals surface area contributed by atoms with E-state index in [1.54, 1.807) is 35.3 Å². The van der Waals surface area contributed by atoms with Crippen molar-refractivity contribution >= 4 is 28.7 Å². The number of benzene rings is 1. The van der Waals surface area contributed by atoms with E-state index in [4.69, 9.17) is 16.3 Å². The second-order valence-corrected chi connectivity index (χ2v) is 7.22. The van der Waals surface area contributed by atoms with E-state index in [-0.39, 0.29) is 12.0 Å². The zero-order valence-corrected chi connectivity index (χ0v) is 15.0. The van der Waals surface area contributed by atoms with Gasteiger partial charge < -0.3 is 4.74 Å². The summed E-state index contributed by atoms with van der Waals surface area (Å²) in [5.74, 6) is 0.500. The van der Waals surface area contributed by atoms with E-state index in [2.05, 4.69) is 10.1 Å². The fraction of sp³-hybridized carbons (Fsp3) is 0.278. The van der Waals surface area contributed by atoms with Crippen molar-refractivity contribution in [2.24, 2.45) is 0 Å². The molecule has 5 nitrogen and oxygen atoms in total. The van der Waals surface area contributed by atoms with Crippen molar-refractivity contribution in [3.05, 3.63) is 58.2 Å². The molecule has 25 heavy (non-hydrogen) atoms. The normalized spacial score (nSPS) is 17.6. The van der Waals surface area contributed by atoms with Crippen molar-refractivity contribution in [2.45, 2.75) is 25.5 Å². The fourth-order valence-electron chi connectivity index (χ4n) is 2.87. The number of halogens is 1. The van der Waals surface area contributed by atoms with Gasteiger partial charge in [0, 0.05) is 22.8 Å². The molecule has 0 aliphatic carbocycles. The van der Waals surface area contributed by atoms with Crippen LogP contribution in [0.2, 0.25) is 5.02 Å². The van der Waals surface area contributed by atoms with Crippen LogP contribution in [0.25, 0.3) is 10.7 Å². The number of carbonyl (C=O) groups is 1. The van der Waals surface area contributed by atoms with E-state index in [1.165, 1.54) is 11.3 Å². The third-order valence-electron chi connectivity index (χ3n) is 4.18. The maximum atomic E-state index is 12.8. The topological polar surface area (TPSA) is 57.0 Å². The Morgan fingerprint density at radius 3 is 2.84 bits per heavy atom. The molecule has 1 aromatic carbocycles. The summed E-state index contributed by atoms with van der Waals surface area (Å²) in [5.41, 5.74) is 1.20. The molecule has 2 aromatic heterocycles. The van der Waals surface area contributed by atoms with Crippen LogP contribution in [0.3, 0.4) is 0 Å². The molecule has 1 saturated heterocycles. The maximum absolute atomic E-state index is 12.8. The first-order valence-electron chi connectivity index (χ1n) is 8.13. The minimum absolute atomic E-state index is 0.0572. The average Bonchev–Trinajstić information content (AvgIpc) is 3.32. The summed E-state index contributed by atoms with van der Waals surface area (Å²) in [6.45, 7) is 0.749. The standard InChI is InChI=1S/C18H16ClN3O2S/c19-13-6-4-12(5-7-13)16(23)14-8-10-25-17(14)18-20-11-22(21-18)15-3-1-2-9-24-15/h4-8,10-11,15H,1-3,9H2. The molecule has 1 fully saturated rings. The van der Waals surface area contributed by atoms with Crippen molar-refractivity contribution in [3.63, 3.8) is 0 Å². The minimum atomic E-state index is -0.0645. The molecule has 3 aromatic rings. The number of nitrogens with zero attached hydrogens (tertiary/aromatic N) is 3. The molecule has 1 aliphatic heterocycles. The third-order valence-corrected chi connectivity index (χ3v) is 5.34. The highest BCUT2D eigenvalue weighted by Gasteiger charge is 2.21. The summed E-state index contributed by atoms with van der Waals surface area (Å²) in [5, 5.41) is 7.04. The van der Waals surface area contributed by atoms with Gasteiger partial charge in [-0.15, -0.1) is 16.4 Å². The van der Waals surface area contributed by atoms with Gasteiger partial charge in [-0.2, -0.15) is 0 Å². The summed E-state index contributed by atoms with van der Waals surface area (Å²) >= 11 is 7.36. The van der Waals surface area contributed by atoms with Crippen LogP contribution in [-0.2, 0) is 4.74 Å². The number of hydrogen-bond acceptors (Lipinski definition) is 5. The number of carbonyl (C=O) groups excluding carboxylic acids is 1. The van der Waals surface area contributed by atoms with Gasteiger partial charge >= 0.3 is 0 Å². The van der Waals surface area contributed by atoms with Crippen LogP contribution in [0.15, 0.2) is 42.0 Å². The van der Waals surface area contributed by atoms with Gasteiger partial charge in [0.15, 0.2) is 17.8 Å². The Morgan fingerprint density at radius 2 is 2.08 bits per heavy atom. The molecule has 1 unspecified atom stereocenters. The molecule has 0 radical (unpaired) electrons. The number of rotatable bonds is 4. The van der Waals surface area contributed by atoms with E-state index >= 15 is 0 Å². The highest BCUT2D eigenvalue weighted by atomic mass is 35.5. The molecule has 1 aliphatic rings. The lowest BCUT2D eigenvalue weighted by Gasteiger charge is -2.21. The molecule has 0 bridgehead atoms. The number of thiophene rings is 1. The van der Waals surface area contributed by atoms with Gasteiger partial charge in [-0.25, -0.2) is 9.67 Å². The summed E-state index contributed by atoms with van der Waals surface area (Å²) in [6, 6.07) is 8.71. The quantitative estimate of drug-likeness (QED) is 0.627. The van der Waals surface area contributed by atoms with E-state index in [0.29, 0.717) is 22.0 Å². The van der Waals surface area contributed by atoms with Crippen molar-refractivity contribution in [2.75, 3.05) is 6.61 Å². The van der Waals surface area contributed by atoms with Gasteiger partial charge in [-0.1, -0.05) is 11.6 Å². The molecule has 7 heteroatoms. The van der Waals surface area contributed by atoms with Crippen LogP contribution in [0.1, 0.15) is 41.4 Å². The Morgan fingerprint density at radius 1 is 1.24 bits per heavy atom. The smallest absolute Gasteiger partial charge is 0.194 e. The third kappa shape index (κ3) is 3.38. The predicted molar refractivity (Wildman–Crippen MR) is 97.1 cm³/mol. The largest absolute Gasteiger partial charge is 0.356 e. The van der Waals surface area contributed by atoms with Crippen LogP contribution in [0, 0.1) is 0 Å². The Balaban J connectivity index is 1.62. The minimum Gasteiger partial charge on any atom is -0.356 e. The zero-order chi connectivity index (χ0) is 17.2. The first-order valence-corrected chi connectivity index (χ1v) is 9.39. The van der Waals surface area contributed by atoms with Crippen LogP contribution in [0.4, 0.5) is 0 Å². The van der Waals surface area contributed by atoms with Crippen LogP contribution in [-0.4, -0.2) is 27.2 Å². The Kier molecular flexibility index (Phi) is 4.65. The van der Waals surface area contributed by atoms with Gasteiger partial charge in [0.25, 0.3) is 0 Å². The number of aromatic nitrogens is 3. The molecule has 0 saturated carbocycles. The molecule has 3 heterocycles. The summed E-state index contributed by atoms with van der Waals surface area (Å²) in [7, 11) is 0. The Hall–Kier alpha value is -2.02. The molecule has 0 amide bonds. The first kappa shape index (κ1) is 16.4. The van der Waals surface area contributed by atoms with Crippen LogP contribution in [0.5, 0.6) is 0 Å². The van der Waals surface area contributed by atoms with Crippen molar-refractivity contribution in [1.29, 1.82) is 0 Å². The molecule has 4 rings (SSSR count). The molecule has 1 atom stereocenters. The van der Waals surface area contributed by atoms with Gasteiger partial charge in [0.2, 0.25) is 0 Å². The summed E-state index contributed by atoms with van der Waals surface area (Å²) < 4.78 is 7.49. The van der Waals surface area contributed by atoms with Gasteiger partial charge in [0.05, 0.1) is 4.88 Å². The lowest BCUT2D eigenvalue weighted by atomic mass is 10.0. The average molecular weight is 374 g/mol. The van der Waals surface area contributed by atoms with Crippen LogP contribution >= 0.6 is 22.9 Å². The van der Waals surface area contributed by atoms with Gasteiger partial charge in [-0.3, -0.25) is 4.79 Å². The number of ketones is 1. The van der Waals surface area contributed by atoms with Crippen molar-refractivity contribution < 1.29 is 9.53 Å².